The van der Waals surface area contributed by atoms with Gasteiger partial charge in [-0.25, -0.2) is 13.2 Å². The van der Waals surface area contributed by atoms with Crippen LogP contribution in [-0.2, 0) is 0 Å². The fraction of sp³-hybridized carbons (Fsp3) is 0.364. The third-order valence-electron chi connectivity index (χ3n) is 2.12. The Hall–Kier alpha value is -1.36. The van der Waals surface area contributed by atoms with Crippen LogP contribution in [0, 0.1) is 17.5 Å². The van der Waals surface area contributed by atoms with Crippen molar-refractivity contribution in [3.63, 3.8) is 0 Å². The van der Waals surface area contributed by atoms with Gasteiger partial charge in [-0.2, -0.15) is 0 Å². The van der Waals surface area contributed by atoms with Gasteiger partial charge in [0.15, 0.2) is 23.2 Å². The summed E-state index contributed by atoms with van der Waals surface area (Å²) in [4.78, 5) is 13.2. The van der Waals surface area contributed by atoms with Crippen molar-refractivity contribution in [2.45, 2.75) is 6.42 Å². The molecule has 0 radical (unpaired) electrons. The monoisotopic (exact) mass is 231 g/mol. The molecule has 1 rings (SSSR count). The molecule has 0 fully saturated rings. The molecule has 0 saturated carbocycles. The zero-order valence-corrected chi connectivity index (χ0v) is 9.06. The Labute approximate surface area is 91.7 Å². The molecule has 0 aliphatic heterocycles. The molecular weight excluding hydrogens is 219 g/mol. The third kappa shape index (κ3) is 2.82. The van der Waals surface area contributed by atoms with Crippen LogP contribution < -0.4 is 0 Å². The molecule has 2 nitrogen and oxygen atoms in total. The first-order chi connectivity index (χ1) is 7.43. The molecular formula is C11H12F3NO. The van der Waals surface area contributed by atoms with Crippen molar-refractivity contribution in [3.05, 3.63) is 35.1 Å². The molecule has 0 aliphatic carbocycles. The van der Waals surface area contributed by atoms with Crippen LogP contribution in [0.1, 0.15) is 16.8 Å². The van der Waals surface area contributed by atoms with Gasteiger partial charge in [0.25, 0.3) is 0 Å². The van der Waals surface area contributed by atoms with Crippen molar-refractivity contribution in [1.82, 2.24) is 4.90 Å². The summed E-state index contributed by atoms with van der Waals surface area (Å²) in [5.74, 6) is -4.84. The highest BCUT2D eigenvalue weighted by atomic mass is 19.2. The molecule has 0 heterocycles. The van der Waals surface area contributed by atoms with Crippen LogP contribution in [0.3, 0.4) is 0 Å². The lowest BCUT2D eigenvalue weighted by Crippen LogP contribution is -2.17. The van der Waals surface area contributed by atoms with E-state index in [2.05, 4.69) is 0 Å². The number of nitrogens with zero attached hydrogens (tertiary/aromatic N) is 1. The van der Waals surface area contributed by atoms with Gasteiger partial charge in [-0.3, -0.25) is 4.79 Å². The Balaban J connectivity index is 2.88. The van der Waals surface area contributed by atoms with Crippen molar-refractivity contribution >= 4 is 5.78 Å². The fourth-order valence-corrected chi connectivity index (χ4v) is 1.20. The highest BCUT2D eigenvalue weighted by Gasteiger charge is 2.18. The van der Waals surface area contributed by atoms with E-state index in [1.807, 2.05) is 0 Å². The van der Waals surface area contributed by atoms with Crippen molar-refractivity contribution in [2.75, 3.05) is 20.6 Å². The van der Waals surface area contributed by atoms with Crippen molar-refractivity contribution in [3.8, 4) is 0 Å². The molecule has 0 amide bonds. The van der Waals surface area contributed by atoms with Crippen LogP contribution in [0.15, 0.2) is 12.1 Å². The van der Waals surface area contributed by atoms with Gasteiger partial charge >= 0.3 is 0 Å². The van der Waals surface area contributed by atoms with E-state index in [4.69, 9.17) is 0 Å². The van der Waals surface area contributed by atoms with Gasteiger partial charge in [0.1, 0.15) is 0 Å². The number of halogens is 3. The Morgan fingerprint density at radius 2 is 1.81 bits per heavy atom. The number of Topliss-reactive ketones (excluding diaryl/α,β-unsaturated/α-hetero) is 1. The fourth-order valence-electron chi connectivity index (χ4n) is 1.20. The van der Waals surface area contributed by atoms with Crippen molar-refractivity contribution in [1.29, 1.82) is 0 Å². The van der Waals surface area contributed by atoms with Crippen LogP contribution >= 0.6 is 0 Å². The minimum atomic E-state index is -1.60. The normalized spacial score (nSPS) is 10.9. The van der Waals surface area contributed by atoms with Crippen LogP contribution in [0.2, 0.25) is 0 Å². The molecule has 0 aromatic heterocycles. The van der Waals surface area contributed by atoms with E-state index >= 15 is 0 Å². The minimum absolute atomic E-state index is 0.0645. The molecule has 0 unspecified atom stereocenters. The second-order valence-electron chi connectivity index (χ2n) is 3.70. The maximum Gasteiger partial charge on any atom is 0.195 e. The Morgan fingerprint density at radius 3 is 2.38 bits per heavy atom. The number of carbonyl (C=O) groups is 1. The van der Waals surface area contributed by atoms with Gasteiger partial charge in [-0.15, -0.1) is 0 Å². The molecule has 0 aliphatic rings. The van der Waals surface area contributed by atoms with Gasteiger partial charge in [0.05, 0.1) is 5.56 Å². The summed E-state index contributed by atoms with van der Waals surface area (Å²) in [5, 5.41) is 0. The number of ketones is 1. The standard InChI is InChI=1S/C11H12F3NO/c1-15(2)6-5-9(16)7-3-4-8(12)11(14)10(7)13/h3-4H,5-6H2,1-2H3. The predicted octanol–water partition coefficient (Wildman–Crippen LogP) is 2.24. The zero-order chi connectivity index (χ0) is 12.3. The second kappa shape index (κ2) is 5.12. The number of hydrogen-bond acceptors (Lipinski definition) is 2. The van der Waals surface area contributed by atoms with Crippen LogP contribution in [0.4, 0.5) is 13.2 Å². The van der Waals surface area contributed by atoms with Crippen molar-refractivity contribution < 1.29 is 18.0 Å². The predicted molar refractivity (Wildman–Crippen MR) is 53.8 cm³/mol. The van der Waals surface area contributed by atoms with Gasteiger partial charge in [0, 0.05) is 13.0 Å². The molecule has 1 aromatic carbocycles. The smallest absolute Gasteiger partial charge is 0.195 e. The molecule has 16 heavy (non-hydrogen) atoms. The summed E-state index contributed by atoms with van der Waals surface area (Å²) < 4.78 is 38.6. The highest BCUT2D eigenvalue weighted by molar-refractivity contribution is 5.96. The summed E-state index contributed by atoms with van der Waals surface area (Å²) in [6.45, 7) is 0.428. The summed E-state index contributed by atoms with van der Waals surface area (Å²) in [6.07, 6.45) is 0.0645. The molecule has 0 N–H and O–H groups in total. The first-order valence-corrected chi connectivity index (χ1v) is 4.75. The summed E-state index contributed by atoms with van der Waals surface area (Å²) in [7, 11) is 3.52. The Morgan fingerprint density at radius 1 is 1.19 bits per heavy atom. The average molecular weight is 231 g/mol. The van der Waals surface area contributed by atoms with E-state index < -0.39 is 28.8 Å². The average Bonchev–Trinajstić information content (AvgIpc) is 2.23. The topological polar surface area (TPSA) is 20.3 Å². The van der Waals surface area contributed by atoms with E-state index in [0.717, 1.165) is 12.1 Å². The molecule has 1 aromatic rings. The first kappa shape index (κ1) is 12.7. The summed E-state index contributed by atoms with van der Waals surface area (Å²) in [6, 6.07) is 1.72. The molecule has 88 valence electrons. The quantitative estimate of drug-likeness (QED) is 0.585. The van der Waals surface area contributed by atoms with E-state index in [1.54, 1.807) is 19.0 Å². The zero-order valence-electron chi connectivity index (χ0n) is 9.06. The van der Waals surface area contributed by atoms with Gasteiger partial charge in [-0.05, 0) is 26.2 Å². The second-order valence-corrected chi connectivity index (χ2v) is 3.70. The van der Waals surface area contributed by atoms with Crippen LogP contribution in [0.5, 0.6) is 0 Å². The number of benzene rings is 1. The highest BCUT2D eigenvalue weighted by Crippen LogP contribution is 2.16. The molecule has 0 bridgehead atoms. The maximum absolute atomic E-state index is 13.2. The van der Waals surface area contributed by atoms with Gasteiger partial charge in [-0.1, -0.05) is 0 Å². The molecule has 0 saturated heterocycles. The van der Waals surface area contributed by atoms with Crippen LogP contribution in [0.25, 0.3) is 0 Å². The van der Waals surface area contributed by atoms with Gasteiger partial charge < -0.3 is 4.90 Å². The van der Waals surface area contributed by atoms with E-state index in [9.17, 15) is 18.0 Å². The number of rotatable bonds is 4. The van der Waals surface area contributed by atoms with E-state index in [-0.39, 0.29) is 6.42 Å². The van der Waals surface area contributed by atoms with E-state index in [0.29, 0.717) is 6.54 Å². The van der Waals surface area contributed by atoms with Crippen molar-refractivity contribution in [2.24, 2.45) is 0 Å². The molecule has 0 atom stereocenters. The lowest BCUT2D eigenvalue weighted by atomic mass is 10.1. The van der Waals surface area contributed by atoms with Gasteiger partial charge in [0.2, 0.25) is 0 Å². The number of hydrogen-bond donors (Lipinski definition) is 0. The number of carbonyl (C=O) groups excluding carboxylic acids is 1. The molecule has 0 spiro atoms. The summed E-state index contributed by atoms with van der Waals surface area (Å²) in [5.41, 5.74) is -0.402. The summed E-state index contributed by atoms with van der Waals surface area (Å²) >= 11 is 0. The Kier molecular flexibility index (Phi) is 4.06. The minimum Gasteiger partial charge on any atom is -0.309 e. The largest absolute Gasteiger partial charge is 0.309 e. The first-order valence-electron chi connectivity index (χ1n) is 4.75. The van der Waals surface area contributed by atoms with Crippen LogP contribution in [-0.4, -0.2) is 31.3 Å². The maximum atomic E-state index is 13.2. The molecule has 5 heteroatoms. The lowest BCUT2D eigenvalue weighted by Gasteiger charge is -2.09. The lowest BCUT2D eigenvalue weighted by molar-refractivity contribution is 0.0967. The third-order valence-corrected chi connectivity index (χ3v) is 2.12. The van der Waals surface area contributed by atoms with E-state index in [1.165, 1.54) is 0 Å². The SMILES string of the molecule is CN(C)CCC(=O)c1ccc(F)c(F)c1F. The Bertz CT molecular complexity index is 404.